The third-order valence-electron chi connectivity index (χ3n) is 3.76. The fourth-order valence-electron chi connectivity index (χ4n) is 2.39. The number of nitrogens with zero attached hydrogens (tertiary/aromatic N) is 2. The number of aryl methyl sites for hydroxylation is 1. The maximum absolute atomic E-state index is 8.36. The van der Waals surface area contributed by atoms with E-state index in [0.29, 0.717) is 16.5 Å². The smallest absolute Gasteiger partial charge is 0.291 e. The molecule has 1 heterocycles. The molecular weight excluding hydrogens is 421 g/mol. The molecule has 0 aliphatic carbocycles. The lowest BCUT2D eigenvalue weighted by molar-refractivity contribution is -0.742. The number of rotatable bonds is 7. The van der Waals surface area contributed by atoms with Gasteiger partial charge in [-0.1, -0.05) is 47.0 Å². The van der Waals surface area contributed by atoms with Crippen LogP contribution in [0.4, 0.5) is 0 Å². The summed E-state index contributed by atoms with van der Waals surface area (Å²) >= 11 is 12.2. The lowest BCUT2D eigenvalue weighted by atomic mass is 10.1. The third-order valence-corrected chi connectivity index (χ3v) is 4.35. The number of imidazole rings is 1. The Morgan fingerprint density at radius 1 is 1.24 bits per heavy atom. The van der Waals surface area contributed by atoms with E-state index in [1.54, 1.807) is 18.5 Å². The molecular formula is C19H19Cl2N3O5. The fourth-order valence-corrected chi connectivity index (χ4v) is 2.88. The van der Waals surface area contributed by atoms with Gasteiger partial charge in [-0.2, -0.15) is 0 Å². The first-order chi connectivity index (χ1) is 13.8. The van der Waals surface area contributed by atoms with E-state index in [1.165, 1.54) is 5.56 Å². The first-order valence-corrected chi connectivity index (χ1v) is 9.18. The van der Waals surface area contributed by atoms with Crippen LogP contribution in [0.15, 0.2) is 54.9 Å². The van der Waals surface area contributed by atoms with Crippen molar-refractivity contribution < 1.29 is 19.8 Å². The van der Waals surface area contributed by atoms with Gasteiger partial charge in [-0.15, -0.1) is 10.1 Å². The van der Waals surface area contributed by atoms with Crippen LogP contribution >= 0.6 is 23.2 Å². The standard InChI is InChI=1S/C19H18Cl2N2O2.HNO3/c1-13-2-6-16(7-3-13)24-12-25-18(19-22-8-9-23-19)10-14-4-5-15(20)11-17(14)21;2-1(3)4/h2-9,11,18H,10,12H2,1H3,(H,22,23);(H,2,3,4). The van der Waals surface area contributed by atoms with Crippen LogP contribution in [0.5, 0.6) is 5.75 Å². The SMILES string of the molecule is Cc1ccc(OCOC(Cc2ccc(Cl)cc2Cl)c2ncc[nH]2)cc1.O=[N+]([O-])O. The number of ether oxygens (including phenoxy) is 2. The van der Waals surface area contributed by atoms with Crippen molar-refractivity contribution in [1.29, 1.82) is 0 Å². The van der Waals surface area contributed by atoms with Gasteiger partial charge >= 0.3 is 0 Å². The Labute approximate surface area is 177 Å². The van der Waals surface area contributed by atoms with E-state index in [4.69, 9.17) is 48.0 Å². The minimum atomic E-state index is -1.50. The van der Waals surface area contributed by atoms with Crippen LogP contribution in [0.3, 0.4) is 0 Å². The number of halogens is 2. The van der Waals surface area contributed by atoms with Gasteiger partial charge in [-0.3, -0.25) is 0 Å². The van der Waals surface area contributed by atoms with Gasteiger partial charge < -0.3 is 19.7 Å². The van der Waals surface area contributed by atoms with Gasteiger partial charge in [-0.05, 0) is 36.8 Å². The summed E-state index contributed by atoms with van der Waals surface area (Å²) < 4.78 is 11.6. The second-order valence-electron chi connectivity index (χ2n) is 5.88. The highest BCUT2D eigenvalue weighted by molar-refractivity contribution is 6.35. The fraction of sp³-hybridized carbons (Fsp3) is 0.211. The molecule has 10 heteroatoms. The number of H-pyrrole nitrogens is 1. The molecule has 8 nitrogen and oxygen atoms in total. The summed E-state index contributed by atoms with van der Waals surface area (Å²) in [5, 5.41) is 14.8. The van der Waals surface area contributed by atoms with Crippen molar-refractivity contribution in [2.75, 3.05) is 6.79 Å². The maximum atomic E-state index is 8.36. The molecule has 1 aromatic heterocycles. The molecule has 2 N–H and O–H groups in total. The molecule has 2 aromatic carbocycles. The number of benzene rings is 2. The Balaban J connectivity index is 0.000000687. The molecule has 0 aliphatic rings. The molecule has 0 fully saturated rings. The van der Waals surface area contributed by atoms with Crippen molar-refractivity contribution in [1.82, 2.24) is 9.97 Å². The number of hydrogen-bond acceptors (Lipinski definition) is 5. The van der Waals surface area contributed by atoms with Crippen molar-refractivity contribution in [3.8, 4) is 5.75 Å². The second-order valence-corrected chi connectivity index (χ2v) is 6.73. The van der Waals surface area contributed by atoms with E-state index in [1.807, 2.05) is 43.3 Å². The first kappa shape index (κ1) is 22.5. The normalized spacial score (nSPS) is 11.3. The van der Waals surface area contributed by atoms with Gasteiger partial charge in [0.25, 0.3) is 5.09 Å². The highest BCUT2D eigenvalue weighted by Gasteiger charge is 2.17. The molecule has 0 saturated carbocycles. The van der Waals surface area contributed by atoms with Crippen LogP contribution in [-0.4, -0.2) is 27.1 Å². The summed E-state index contributed by atoms with van der Waals surface area (Å²) in [6.45, 7) is 2.14. The zero-order chi connectivity index (χ0) is 21.2. The monoisotopic (exact) mass is 439 g/mol. The van der Waals surface area contributed by atoms with Gasteiger partial charge in [0, 0.05) is 28.9 Å². The largest absolute Gasteiger partial charge is 0.468 e. The summed E-state index contributed by atoms with van der Waals surface area (Å²) in [7, 11) is 0. The highest BCUT2D eigenvalue weighted by atomic mass is 35.5. The lowest BCUT2D eigenvalue weighted by Gasteiger charge is -2.17. The quantitative estimate of drug-likeness (QED) is 0.304. The Bertz CT molecular complexity index is 901. The van der Waals surface area contributed by atoms with Crippen LogP contribution in [0, 0.1) is 17.0 Å². The van der Waals surface area contributed by atoms with Gasteiger partial charge in [0.15, 0.2) is 6.79 Å². The molecule has 0 spiro atoms. The molecule has 0 saturated heterocycles. The number of nitrogens with one attached hydrogen (secondary N) is 1. The lowest BCUT2D eigenvalue weighted by Crippen LogP contribution is -2.14. The molecule has 0 radical (unpaired) electrons. The summed E-state index contributed by atoms with van der Waals surface area (Å²) in [5.74, 6) is 1.48. The average molecular weight is 440 g/mol. The molecule has 0 amide bonds. The molecule has 1 unspecified atom stereocenters. The highest BCUT2D eigenvalue weighted by Crippen LogP contribution is 2.27. The van der Waals surface area contributed by atoms with Crippen molar-refractivity contribution in [3.63, 3.8) is 0 Å². The molecule has 3 aromatic rings. The number of aromatic amines is 1. The van der Waals surface area contributed by atoms with Crippen molar-refractivity contribution in [3.05, 3.63) is 92.0 Å². The Hall–Kier alpha value is -2.81. The van der Waals surface area contributed by atoms with E-state index in [-0.39, 0.29) is 12.9 Å². The average Bonchev–Trinajstić information content (AvgIpc) is 3.18. The molecule has 0 aliphatic heterocycles. The number of aromatic nitrogens is 2. The van der Waals surface area contributed by atoms with Crippen molar-refractivity contribution in [2.45, 2.75) is 19.4 Å². The van der Waals surface area contributed by atoms with Crippen molar-refractivity contribution in [2.24, 2.45) is 0 Å². The van der Waals surface area contributed by atoms with Gasteiger partial charge in [-0.25, -0.2) is 4.98 Å². The van der Waals surface area contributed by atoms with Gasteiger partial charge in [0.2, 0.25) is 0 Å². The third kappa shape index (κ3) is 7.98. The molecule has 3 rings (SSSR count). The maximum Gasteiger partial charge on any atom is 0.291 e. The summed E-state index contributed by atoms with van der Waals surface area (Å²) in [6.07, 6.45) is 3.70. The molecule has 29 heavy (non-hydrogen) atoms. The molecule has 154 valence electrons. The van der Waals surface area contributed by atoms with Crippen molar-refractivity contribution >= 4 is 23.2 Å². The van der Waals surface area contributed by atoms with E-state index < -0.39 is 5.09 Å². The molecule has 0 bridgehead atoms. The topological polar surface area (TPSA) is 111 Å². The van der Waals surface area contributed by atoms with E-state index in [9.17, 15) is 0 Å². The van der Waals surface area contributed by atoms with E-state index in [0.717, 1.165) is 17.1 Å². The van der Waals surface area contributed by atoms with Crippen LogP contribution in [0.2, 0.25) is 10.0 Å². The predicted molar refractivity (Wildman–Crippen MR) is 108 cm³/mol. The van der Waals surface area contributed by atoms with E-state index >= 15 is 0 Å². The van der Waals surface area contributed by atoms with Gasteiger partial charge in [0.1, 0.15) is 17.7 Å². The summed E-state index contributed by atoms with van der Waals surface area (Å²) in [6, 6.07) is 13.2. The van der Waals surface area contributed by atoms with Crippen LogP contribution in [0.25, 0.3) is 0 Å². The van der Waals surface area contributed by atoms with Crippen LogP contribution in [-0.2, 0) is 11.2 Å². The zero-order valence-electron chi connectivity index (χ0n) is 15.4. The van der Waals surface area contributed by atoms with Crippen LogP contribution < -0.4 is 4.74 Å². The minimum absolute atomic E-state index is 0.111. The number of hydrogen-bond donors (Lipinski definition) is 2. The summed E-state index contributed by atoms with van der Waals surface area (Å²) in [4.78, 5) is 15.7. The Morgan fingerprint density at radius 2 is 1.93 bits per heavy atom. The molecule has 1 atom stereocenters. The Kier molecular flexibility index (Phi) is 8.72. The Morgan fingerprint density at radius 3 is 2.52 bits per heavy atom. The van der Waals surface area contributed by atoms with E-state index in [2.05, 4.69) is 9.97 Å². The second kappa shape index (κ2) is 11.3. The first-order valence-electron chi connectivity index (χ1n) is 8.42. The predicted octanol–water partition coefficient (Wildman–Crippen LogP) is 5.01. The van der Waals surface area contributed by atoms with Gasteiger partial charge in [0.05, 0.1) is 0 Å². The van der Waals surface area contributed by atoms with Crippen LogP contribution in [0.1, 0.15) is 23.1 Å². The zero-order valence-corrected chi connectivity index (χ0v) is 16.9. The minimum Gasteiger partial charge on any atom is -0.468 e. The summed E-state index contributed by atoms with van der Waals surface area (Å²) in [5.41, 5.74) is 2.11.